The van der Waals surface area contributed by atoms with Gasteiger partial charge in [0.15, 0.2) is 0 Å². The van der Waals surface area contributed by atoms with Gasteiger partial charge >= 0.3 is 0 Å². The average molecular weight is 431 g/mol. The van der Waals surface area contributed by atoms with E-state index in [1.807, 2.05) is 19.9 Å². The number of morpholine rings is 1. The number of carbonyl (C=O) groups is 2. The van der Waals surface area contributed by atoms with E-state index in [2.05, 4.69) is 34.5 Å². The Hall–Kier alpha value is -3.22. The van der Waals surface area contributed by atoms with Gasteiger partial charge in [-0.2, -0.15) is 0 Å². The van der Waals surface area contributed by atoms with Gasteiger partial charge in [0.25, 0.3) is 5.91 Å². The molecule has 0 aromatic heterocycles. The molecule has 0 spiro atoms. The summed E-state index contributed by atoms with van der Waals surface area (Å²) in [7, 11) is 0. The summed E-state index contributed by atoms with van der Waals surface area (Å²) in [5, 5.41) is 2.87. The lowest BCUT2D eigenvalue weighted by Gasteiger charge is -2.27. The van der Waals surface area contributed by atoms with Gasteiger partial charge in [-0.15, -0.1) is 0 Å². The SMILES string of the molecule is CC1(C)O/C(=C2/C(=O)Nc3ccc(C=O)cc32)C=C1c1ccc(CN2CCOCC2)cc1. The highest BCUT2D eigenvalue weighted by molar-refractivity contribution is 6.32. The normalized spacial score (nSPS) is 22.2. The number of nitrogens with one attached hydrogen (secondary N) is 1. The maximum atomic E-state index is 12.7. The average Bonchev–Trinajstić information content (AvgIpc) is 3.29. The van der Waals surface area contributed by atoms with E-state index in [0.717, 1.165) is 50.3 Å². The van der Waals surface area contributed by atoms with Gasteiger partial charge in [-0.1, -0.05) is 24.3 Å². The van der Waals surface area contributed by atoms with Crippen LogP contribution in [-0.4, -0.2) is 49.0 Å². The summed E-state index contributed by atoms with van der Waals surface area (Å²) in [6, 6.07) is 13.7. The van der Waals surface area contributed by atoms with Crippen molar-refractivity contribution in [3.05, 3.63) is 76.6 Å². The minimum absolute atomic E-state index is 0.216. The molecule has 0 atom stereocenters. The third-order valence-electron chi connectivity index (χ3n) is 6.23. The van der Waals surface area contributed by atoms with Gasteiger partial charge in [0.05, 0.1) is 18.8 Å². The van der Waals surface area contributed by atoms with E-state index in [1.54, 1.807) is 18.2 Å². The number of fused-ring (bicyclic) bond motifs is 1. The molecule has 3 heterocycles. The molecule has 0 bridgehead atoms. The van der Waals surface area contributed by atoms with E-state index in [4.69, 9.17) is 9.47 Å². The Kier molecular flexibility index (Phi) is 5.19. The van der Waals surface area contributed by atoms with Gasteiger partial charge in [0.2, 0.25) is 0 Å². The van der Waals surface area contributed by atoms with Crippen molar-refractivity contribution < 1.29 is 19.1 Å². The smallest absolute Gasteiger partial charge is 0.260 e. The standard InChI is InChI=1S/C26H26N2O4/c1-26(2)21(19-6-3-17(4-7-19)15-28-9-11-31-12-10-28)14-23(32-26)24-20-13-18(16-29)5-8-22(20)27-25(24)30/h3-8,13-14,16H,9-12,15H2,1-2H3,(H,27,30)/b24-23+. The van der Waals surface area contributed by atoms with Gasteiger partial charge in [-0.05, 0) is 49.2 Å². The van der Waals surface area contributed by atoms with E-state index in [0.29, 0.717) is 28.1 Å². The summed E-state index contributed by atoms with van der Waals surface area (Å²) >= 11 is 0. The fourth-order valence-electron chi connectivity index (χ4n) is 4.53. The minimum Gasteiger partial charge on any atom is -0.482 e. The van der Waals surface area contributed by atoms with Crippen LogP contribution in [0, 0.1) is 0 Å². The summed E-state index contributed by atoms with van der Waals surface area (Å²) in [5.41, 5.74) is 5.15. The molecule has 0 aliphatic carbocycles. The zero-order valence-corrected chi connectivity index (χ0v) is 18.3. The first-order chi connectivity index (χ1) is 15.4. The number of nitrogens with zero attached hydrogens (tertiary/aromatic N) is 1. The second-order valence-electron chi connectivity index (χ2n) is 8.87. The lowest BCUT2D eigenvalue weighted by molar-refractivity contribution is -0.111. The molecule has 0 unspecified atom stereocenters. The van der Waals surface area contributed by atoms with Crippen molar-refractivity contribution in [1.29, 1.82) is 0 Å². The Labute approximate surface area is 187 Å². The van der Waals surface area contributed by atoms with Crippen LogP contribution in [0.25, 0.3) is 11.1 Å². The van der Waals surface area contributed by atoms with Gasteiger partial charge in [0, 0.05) is 42.0 Å². The third-order valence-corrected chi connectivity index (χ3v) is 6.23. The molecule has 6 heteroatoms. The van der Waals surface area contributed by atoms with Crippen molar-refractivity contribution in [3.8, 4) is 0 Å². The Morgan fingerprint density at radius 1 is 1.09 bits per heavy atom. The van der Waals surface area contributed by atoms with E-state index < -0.39 is 5.60 Å². The fourth-order valence-corrected chi connectivity index (χ4v) is 4.53. The molecule has 0 saturated carbocycles. The number of carbonyl (C=O) groups excluding carboxylic acids is 2. The molecule has 32 heavy (non-hydrogen) atoms. The van der Waals surface area contributed by atoms with Gasteiger partial charge in [0.1, 0.15) is 17.6 Å². The van der Waals surface area contributed by atoms with Crippen molar-refractivity contribution in [2.75, 3.05) is 31.6 Å². The maximum absolute atomic E-state index is 12.7. The van der Waals surface area contributed by atoms with Crippen molar-refractivity contribution in [2.24, 2.45) is 0 Å². The largest absolute Gasteiger partial charge is 0.482 e. The van der Waals surface area contributed by atoms with Crippen LogP contribution in [0.15, 0.2) is 54.3 Å². The summed E-state index contributed by atoms with van der Waals surface area (Å²) in [6.07, 6.45) is 2.74. The molecule has 164 valence electrons. The molecule has 1 amide bonds. The van der Waals surface area contributed by atoms with Crippen molar-refractivity contribution in [3.63, 3.8) is 0 Å². The lowest BCUT2D eigenvalue weighted by atomic mass is 9.91. The second kappa shape index (κ2) is 8.04. The number of anilines is 1. The first-order valence-electron chi connectivity index (χ1n) is 10.9. The first kappa shape index (κ1) is 20.7. The van der Waals surface area contributed by atoms with Crippen molar-refractivity contribution >= 4 is 29.0 Å². The molecular formula is C26H26N2O4. The Morgan fingerprint density at radius 3 is 2.56 bits per heavy atom. The van der Waals surface area contributed by atoms with Crippen LogP contribution in [0.2, 0.25) is 0 Å². The zero-order valence-electron chi connectivity index (χ0n) is 18.3. The molecule has 3 aliphatic heterocycles. The Morgan fingerprint density at radius 2 is 1.84 bits per heavy atom. The molecule has 6 nitrogen and oxygen atoms in total. The number of benzene rings is 2. The molecule has 1 N–H and O–H groups in total. The highest BCUT2D eigenvalue weighted by Crippen LogP contribution is 2.44. The quantitative estimate of drug-likeness (QED) is 0.589. The number of aldehydes is 1. The van der Waals surface area contributed by atoms with E-state index >= 15 is 0 Å². The number of hydrogen-bond donors (Lipinski definition) is 1. The van der Waals surface area contributed by atoms with Crippen LogP contribution >= 0.6 is 0 Å². The Bertz CT molecular complexity index is 1140. The second-order valence-corrected chi connectivity index (χ2v) is 8.87. The van der Waals surface area contributed by atoms with Crippen LogP contribution in [0.3, 0.4) is 0 Å². The van der Waals surface area contributed by atoms with Crippen LogP contribution in [0.5, 0.6) is 0 Å². The monoisotopic (exact) mass is 430 g/mol. The number of allylic oxidation sites excluding steroid dienone is 1. The molecule has 2 aromatic carbocycles. The van der Waals surface area contributed by atoms with Crippen LogP contribution in [-0.2, 0) is 20.8 Å². The molecular weight excluding hydrogens is 404 g/mol. The molecule has 0 radical (unpaired) electrons. The summed E-state index contributed by atoms with van der Waals surface area (Å²) in [6.45, 7) is 8.42. The van der Waals surface area contributed by atoms with Crippen LogP contribution < -0.4 is 5.32 Å². The fraction of sp³-hybridized carbons (Fsp3) is 0.308. The molecule has 3 aliphatic rings. The van der Waals surface area contributed by atoms with Gasteiger partial charge in [-0.25, -0.2) is 0 Å². The zero-order chi connectivity index (χ0) is 22.3. The topological polar surface area (TPSA) is 67.9 Å². The minimum atomic E-state index is -0.584. The number of rotatable bonds is 4. The highest BCUT2D eigenvalue weighted by Gasteiger charge is 2.38. The van der Waals surface area contributed by atoms with Gasteiger partial charge in [-0.3, -0.25) is 14.5 Å². The van der Waals surface area contributed by atoms with E-state index in [9.17, 15) is 9.59 Å². The number of ether oxygens (including phenoxy) is 2. The lowest BCUT2D eigenvalue weighted by Crippen LogP contribution is -2.35. The van der Waals surface area contributed by atoms with Crippen molar-refractivity contribution in [2.45, 2.75) is 26.0 Å². The van der Waals surface area contributed by atoms with E-state index in [1.165, 1.54) is 5.56 Å². The third kappa shape index (κ3) is 3.76. The first-order valence-corrected chi connectivity index (χ1v) is 10.9. The summed E-state index contributed by atoms with van der Waals surface area (Å²) in [5.74, 6) is 0.314. The van der Waals surface area contributed by atoms with Crippen LogP contribution in [0.1, 0.15) is 40.9 Å². The molecule has 2 aromatic rings. The molecule has 1 saturated heterocycles. The van der Waals surface area contributed by atoms with Crippen molar-refractivity contribution in [1.82, 2.24) is 4.90 Å². The molecule has 1 fully saturated rings. The van der Waals surface area contributed by atoms with Crippen LogP contribution in [0.4, 0.5) is 5.69 Å². The maximum Gasteiger partial charge on any atom is 0.260 e. The Balaban J connectivity index is 1.46. The number of amides is 1. The van der Waals surface area contributed by atoms with Gasteiger partial charge < -0.3 is 14.8 Å². The molecule has 5 rings (SSSR count). The summed E-state index contributed by atoms with van der Waals surface area (Å²) < 4.78 is 11.7. The number of hydrogen-bond acceptors (Lipinski definition) is 5. The summed E-state index contributed by atoms with van der Waals surface area (Å²) in [4.78, 5) is 26.4. The predicted molar refractivity (Wildman–Crippen MR) is 123 cm³/mol. The van der Waals surface area contributed by atoms with E-state index in [-0.39, 0.29) is 5.91 Å². The predicted octanol–water partition coefficient (Wildman–Crippen LogP) is 3.89. The highest BCUT2D eigenvalue weighted by atomic mass is 16.5.